The highest BCUT2D eigenvalue weighted by molar-refractivity contribution is 5.97. The van der Waals surface area contributed by atoms with Gasteiger partial charge in [-0.05, 0) is 31.0 Å². The number of hydrogen-bond donors (Lipinski definition) is 2. The van der Waals surface area contributed by atoms with Gasteiger partial charge in [-0.15, -0.1) is 0 Å². The lowest BCUT2D eigenvalue weighted by molar-refractivity contribution is -0.141. The van der Waals surface area contributed by atoms with Crippen LogP contribution in [0.4, 0.5) is 5.69 Å². The summed E-state index contributed by atoms with van der Waals surface area (Å²) in [4.78, 5) is 25.4. The maximum Gasteiger partial charge on any atom is 0.308 e. The zero-order valence-corrected chi connectivity index (χ0v) is 11.6. The summed E-state index contributed by atoms with van der Waals surface area (Å²) in [5.41, 5.74) is 7.25. The summed E-state index contributed by atoms with van der Waals surface area (Å²) in [6.07, 6.45) is 1.08. The van der Waals surface area contributed by atoms with E-state index in [1.807, 2.05) is 31.2 Å². The molecule has 1 aliphatic rings. The van der Waals surface area contributed by atoms with E-state index in [0.29, 0.717) is 19.4 Å². The number of para-hydroxylation sites is 1. The van der Waals surface area contributed by atoms with Crippen LogP contribution in [-0.2, 0) is 16.0 Å². The van der Waals surface area contributed by atoms with Gasteiger partial charge in [0.05, 0.1) is 5.92 Å². The van der Waals surface area contributed by atoms with Crippen LogP contribution in [0.3, 0.4) is 0 Å². The second-order valence-electron chi connectivity index (χ2n) is 5.30. The molecule has 0 aromatic heterocycles. The van der Waals surface area contributed by atoms with Crippen molar-refractivity contribution in [2.45, 2.75) is 19.8 Å². The Balaban J connectivity index is 2.31. The van der Waals surface area contributed by atoms with Gasteiger partial charge < -0.3 is 15.7 Å². The first kappa shape index (κ1) is 14.5. The minimum absolute atomic E-state index is 0.0474. The van der Waals surface area contributed by atoms with E-state index in [0.717, 1.165) is 11.3 Å². The zero-order chi connectivity index (χ0) is 14.7. The van der Waals surface area contributed by atoms with Crippen molar-refractivity contribution in [2.24, 2.45) is 17.6 Å². The molecule has 5 heteroatoms. The van der Waals surface area contributed by atoms with E-state index in [9.17, 15) is 14.7 Å². The molecule has 0 radical (unpaired) electrons. The largest absolute Gasteiger partial charge is 0.481 e. The lowest BCUT2D eigenvalue weighted by Crippen LogP contribution is -2.45. The van der Waals surface area contributed by atoms with Crippen molar-refractivity contribution in [3.63, 3.8) is 0 Å². The van der Waals surface area contributed by atoms with Crippen LogP contribution in [0.5, 0.6) is 0 Å². The number of hydrogen-bond acceptors (Lipinski definition) is 3. The van der Waals surface area contributed by atoms with Crippen LogP contribution in [0.25, 0.3) is 0 Å². The second-order valence-corrected chi connectivity index (χ2v) is 5.30. The first-order valence-electron chi connectivity index (χ1n) is 6.86. The van der Waals surface area contributed by atoms with Gasteiger partial charge in [0.1, 0.15) is 0 Å². The van der Waals surface area contributed by atoms with Gasteiger partial charge in [0.15, 0.2) is 0 Å². The fraction of sp³-hybridized carbons (Fsp3) is 0.467. The summed E-state index contributed by atoms with van der Waals surface area (Å²) >= 11 is 0. The minimum Gasteiger partial charge on any atom is -0.481 e. The number of nitrogens with two attached hydrogens (primary N) is 1. The van der Waals surface area contributed by atoms with Gasteiger partial charge in [-0.3, -0.25) is 9.59 Å². The van der Waals surface area contributed by atoms with Crippen LogP contribution in [0.1, 0.15) is 18.9 Å². The van der Waals surface area contributed by atoms with Crippen molar-refractivity contribution in [1.29, 1.82) is 0 Å². The van der Waals surface area contributed by atoms with Gasteiger partial charge in [-0.25, -0.2) is 0 Å². The van der Waals surface area contributed by atoms with E-state index >= 15 is 0 Å². The van der Waals surface area contributed by atoms with Crippen LogP contribution in [0.2, 0.25) is 0 Å². The van der Waals surface area contributed by atoms with Gasteiger partial charge in [0.25, 0.3) is 0 Å². The summed E-state index contributed by atoms with van der Waals surface area (Å²) in [7, 11) is 0. The predicted molar refractivity (Wildman–Crippen MR) is 76.5 cm³/mol. The average molecular weight is 276 g/mol. The number of anilines is 1. The molecule has 5 nitrogen and oxygen atoms in total. The number of fused-ring (bicyclic) bond motifs is 1. The third-order valence-electron chi connectivity index (χ3n) is 3.79. The highest BCUT2D eigenvalue weighted by Crippen LogP contribution is 2.31. The number of carboxylic acid groups (broad SMARTS) is 1. The smallest absolute Gasteiger partial charge is 0.308 e. The quantitative estimate of drug-likeness (QED) is 0.867. The summed E-state index contributed by atoms with van der Waals surface area (Å²) in [6.45, 7) is 2.52. The van der Waals surface area contributed by atoms with E-state index in [1.165, 1.54) is 0 Å². The monoisotopic (exact) mass is 276 g/mol. The fourth-order valence-electron chi connectivity index (χ4n) is 2.61. The highest BCUT2D eigenvalue weighted by Gasteiger charge is 2.33. The van der Waals surface area contributed by atoms with Gasteiger partial charge >= 0.3 is 5.97 Å². The Bertz CT molecular complexity index is 516. The van der Waals surface area contributed by atoms with Crippen molar-refractivity contribution in [3.8, 4) is 0 Å². The van der Waals surface area contributed by atoms with E-state index in [4.69, 9.17) is 5.73 Å². The summed E-state index contributed by atoms with van der Waals surface area (Å²) in [5.74, 6) is -1.64. The third kappa shape index (κ3) is 2.82. The number of benzene rings is 1. The van der Waals surface area contributed by atoms with Crippen molar-refractivity contribution in [1.82, 2.24) is 0 Å². The summed E-state index contributed by atoms with van der Waals surface area (Å²) in [6, 6.07) is 7.50. The number of carbonyl (C=O) groups excluding carboxylic acids is 1. The molecule has 20 heavy (non-hydrogen) atoms. The molecule has 0 fully saturated rings. The van der Waals surface area contributed by atoms with Crippen LogP contribution >= 0.6 is 0 Å². The molecule has 1 aliphatic heterocycles. The van der Waals surface area contributed by atoms with Crippen LogP contribution in [-0.4, -0.2) is 30.1 Å². The predicted octanol–water partition coefficient (Wildman–Crippen LogP) is 1.26. The summed E-state index contributed by atoms with van der Waals surface area (Å²) in [5, 5.41) is 9.25. The van der Waals surface area contributed by atoms with E-state index in [2.05, 4.69) is 0 Å². The molecule has 0 bridgehead atoms. The van der Waals surface area contributed by atoms with E-state index < -0.39 is 11.9 Å². The van der Waals surface area contributed by atoms with Crippen molar-refractivity contribution in [3.05, 3.63) is 29.8 Å². The lowest BCUT2D eigenvalue weighted by atomic mass is 9.91. The normalized spacial score (nSPS) is 19.3. The lowest BCUT2D eigenvalue weighted by Gasteiger charge is -2.34. The Morgan fingerprint density at radius 2 is 2.15 bits per heavy atom. The SMILES string of the molecule is CC(CCN)C(=O)N1CC(C(=O)O)Cc2ccccc21. The van der Waals surface area contributed by atoms with Gasteiger partial charge in [-0.1, -0.05) is 25.1 Å². The van der Waals surface area contributed by atoms with Gasteiger partial charge in [-0.2, -0.15) is 0 Å². The van der Waals surface area contributed by atoms with Crippen molar-refractivity contribution in [2.75, 3.05) is 18.0 Å². The van der Waals surface area contributed by atoms with Crippen LogP contribution in [0, 0.1) is 11.8 Å². The maximum atomic E-state index is 12.5. The minimum atomic E-state index is -0.858. The van der Waals surface area contributed by atoms with Crippen LogP contribution in [0.15, 0.2) is 24.3 Å². The maximum absolute atomic E-state index is 12.5. The molecule has 108 valence electrons. The van der Waals surface area contributed by atoms with Crippen molar-refractivity contribution >= 4 is 17.6 Å². The molecule has 2 rings (SSSR count). The molecule has 1 heterocycles. The van der Waals surface area contributed by atoms with Gasteiger partial charge in [0, 0.05) is 18.2 Å². The molecule has 1 aromatic carbocycles. The van der Waals surface area contributed by atoms with Gasteiger partial charge in [0.2, 0.25) is 5.91 Å². The number of carbonyl (C=O) groups is 2. The first-order valence-corrected chi connectivity index (χ1v) is 6.86. The zero-order valence-electron chi connectivity index (χ0n) is 11.6. The van der Waals surface area contributed by atoms with E-state index in [1.54, 1.807) is 4.90 Å². The molecule has 0 saturated heterocycles. The fourth-order valence-corrected chi connectivity index (χ4v) is 2.61. The molecule has 3 N–H and O–H groups in total. The molecule has 2 atom stereocenters. The van der Waals surface area contributed by atoms with Crippen molar-refractivity contribution < 1.29 is 14.7 Å². The van der Waals surface area contributed by atoms with Crippen LogP contribution < -0.4 is 10.6 Å². The second kappa shape index (κ2) is 6.05. The third-order valence-corrected chi connectivity index (χ3v) is 3.79. The number of carboxylic acids is 1. The number of amides is 1. The molecular formula is C15H20N2O3. The topological polar surface area (TPSA) is 83.6 Å². The molecule has 1 aromatic rings. The van der Waals surface area contributed by atoms with E-state index in [-0.39, 0.29) is 18.4 Å². The average Bonchev–Trinajstić information content (AvgIpc) is 2.45. The molecule has 0 spiro atoms. The summed E-state index contributed by atoms with van der Waals surface area (Å²) < 4.78 is 0. The molecular weight excluding hydrogens is 256 g/mol. The molecule has 1 amide bonds. The molecule has 2 unspecified atom stereocenters. The standard InChI is InChI=1S/C15H20N2O3/c1-10(6-7-16)14(18)17-9-12(15(19)20)8-11-4-2-3-5-13(11)17/h2-5,10,12H,6-9,16H2,1H3,(H,19,20). The molecule has 0 saturated carbocycles. The Hall–Kier alpha value is -1.88. The number of aliphatic carboxylic acids is 1. The highest BCUT2D eigenvalue weighted by atomic mass is 16.4. The Morgan fingerprint density at radius 3 is 2.80 bits per heavy atom. The Kier molecular flexibility index (Phi) is 4.39. The first-order chi connectivity index (χ1) is 9.54. The Morgan fingerprint density at radius 1 is 1.45 bits per heavy atom. The Labute approximate surface area is 118 Å². The molecule has 0 aliphatic carbocycles. The number of nitrogens with zero attached hydrogens (tertiary/aromatic N) is 1. The number of rotatable bonds is 4.